The van der Waals surface area contributed by atoms with E-state index in [0.29, 0.717) is 6.54 Å². The van der Waals surface area contributed by atoms with Crippen molar-refractivity contribution in [2.45, 2.75) is 26.7 Å². The van der Waals surface area contributed by atoms with Gasteiger partial charge in [0.15, 0.2) is 0 Å². The minimum Gasteiger partial charge on any atom is -0.469 e. The van der Waals surface area contributed by atoms with Gasteiger partial charge in [-0.25, -0.2) is 0 Å². The molecule has 0 aliphatic carbocycles. The Balaban J connectivity index is 2.45. The number of ether oxygens (including phenoxy) is 1. The molecule has 2 N–H and O–H groups in total. The summed E-state index contributed by atoms with van der Waals surface area (Å²) in [5, 5.41) is 0. The van der Waals surface area contributed by atoms with Crippen LogP contribution in [-0.2, 0) is 14.3 Å². The lowest BCUT2D eigenvalue weighted by Gasteiger charge is -2.35. The van der Waals surface area contributed by atoms with Crippen LogP contribution in [-0.4, -0.2) is 43.5 Å². The average molecular weight is 242 g/mol. The predicted molar refractivity (Wildman–Crippen MR) is 64.2 cm³/mol. The second kappa shape index (κ2) is 5.49. The van der Waals surface area contributed by atoms with Crippen molar-refractivity contribution >= 4 is 11.9 Å². The highest BCUT2D eigenvalue weighted by molar-refractivity contribution is 5.77. The van der Waals surface area contributed by atoms with Crippen LogP contribution in [0.2, 0.25) is 0 Å². The van der Waals surface area contributed by atoms with Gasteiger partial charge in [-0.05, 0) is 39.8 Å². The van der Waals surface area contributed by atoms with E-state index in [4.69, 9.17) is 10.5 Å². The second-order valence-corrected chi connectivity index (χ2v) is 5.33. The highest BCUT2D eigenvalue weighted by Crippen LogP contribution is 2.23. The van der Waals surface area contributed by atoms with Crippen molar-refractivity contribution in [2.24, 2.45) is 17.1 Å². The van der Waals surface area contributed by atoms with Crippen molar-refractivity contribution in [3.05, 3.63) is 0 Å². The molecule has 0 unspecified atom stereocenters. The normalized spacial score (nSPS) is 19.0. The number of carbonyl (C=O) groups excluding carboxylic acids is 2. The first-order valence-corrected chi connectivity index (χ1v) is 5.97. The van der Waals surface area contributed by atoms with Crippen LogP contribution in [0.25, 0.3) is 0 Å². The highest BCUT2D eigenvalue weighted by atomic mass is 16.5. The van der Waals surface area contributed by atoms with E-state index in [1.165, 1.54) is 7.11 Å². The number of esters is 1. The maximum Gasteiger partial charge on any atom is 0.312 e. The summed E-state index contributed by atoms with van der Waals surface area (Å²) in [7, 11) is 1.41. The molecular formula is C12H22N2O3. The van der Waals surface area contributed by atoms with Crippen LogP contribution in [0.3, 0.4) is 0 Å². The van der Waals surface area contributed by atoms with Crippen LogP contribution < -0.4 is 5.73 Å². The highest BCUT2D eigenvalue weighted by Gasteiger charge is 2.33. The van der Waals surface area contributed by atoms with Gasteiger partial charge in [-0.3, -0.25) is 9.59 Å². The number of nitrogens with zero attached hydrogens (tertiary/aromatic N) is 1. The van der Waals surface area contributed by atoms with Crippen LogP contribution >= 0.6 is 0 Å². The molecule has 98 valence electrons. The first kappa shape index (κ1) is 14.0. The molecule has 5 heteroatoms. The molecule has 1 saturated heterocycles. The number of primary amides is 1. The van der Waals surface area contributed by atoms with Gasteiger partial charge < -0.3 is 15.4 Å². The zero-order valence-corrected chi connectivity index (χ0v) is 10.9. The smallest absolute Gasteiger partial charge is 0.312 e. The molecule has 1 amide bonds. The van der Waals surface area contributed by atoms with Crippen LogP contribution in [0.1, 0.15) is 26.7 Å². The van der Waals surface area contributed by atoms with Gasteiger partial charge in [-0.2, -0.15) is 0 Å². The predicted octanol–water partition coefficient (Wildman–Crippen LogP) is 0.383. The van der Waals surface area contributed by atoms with Crippen molar-refractivity contribution in [1.29, 1.82) is 0 Å². The van der Waals surface area contributed by atoms with Gasteiger partial charge in [-0.15, -0.1) is 0 Å². The third-order valence-electron chi connectivity index (χ3n) is 3.35. The first-order chi connectivity index (χ1) is 7.86. The van der Waals surface area contributed by atoms with E-state index in [1.54, 1.807) is 0 Å². The van der Waals surface area contributed by atoms with Crippen molar-refractivity contribution in [3.8, 4) is 0 Å². The lowest BCUT2D eigenvalue weighted by Crippen LogP contribution is -2.45. The van der Waals surface area contributed by atoms with Crippen LogP contribution in [0.5, 0.6) is 0 Å². The molecule has 1 heterocycles. The van der Waals surface area contributed by atoms with Crippen molar-refractivity contribution < 1.29 is 14.3 Å². The number of carbonyl (C=O) groups is 2. The molecule has 0 aromatic rings. The van der Waals surface area contributed by atoms with Crippen LogP contribution in [0.4, 0.5) is 0 Å². The van der Waals surface area contributed by atoms with Gasteiger partial charge in [0, 0.05) is 12.5 Å². The number of amides is 1. The second-order valence-electron chi connectivity index (χ2n) is 5.33. The zero-order valence-electron chi connectivity index (χ0n) is 10.9. The minimum atomic E-state index is -0.506. The Morgan fingerprint density at radius 2 is 1.88 bits per heavy atom. The monoisotopic (exact) mass is 242 g/mol. The minimum absolute atomic E-state index is 0.00695. The Kier molecular flexibility index (Phi) is 4.51. The molecule has 0 atom stereocenters. The number of nitrogens with two attached hydrogens (primary N) is 1. The number of hydrogen-bond donors (Lipinski definition) is 1. The van der Waals surface area contributed by atoms with Gasteiger partial charge in [0.05, 0.1) is 12.5 Å². The van der Waals surface area contributed by atoms with Gasteiger partial charge >= 0.3 is 5.97 Å². The molecule has 1 aliphatic rings. The summed E-state index contributed by atoms with van der Waals surface area (Å²) in [6.45, 7) is 6.03. The Hall–Kier alpha value is -1.10. The first-order valence-electron chi connectivity index (χ1n) is 5.97. The van der Waals surface area contributed by atoms with Crippen LogP contribution in [0.15, 0.2) is 0 Å². The van der Waals surface area contributed by atoms with Crippen molar-refractivity contribution in [3.63, 3.8) is 0 Å². The Morgan fingerprint density at radius 3 is 2.29 bits per heavy atom. The third kappa shape index (κ3) is 3.70. The summed E-state index contributed by atoms with van der Waals surface area (Å²) in [4.78, 5) is 24.8. The molecule has 0 bridgehead atoms. The topological polar surface area (TPSA) is 72.6 Å². The molecule has 5 nitrogen and oxygen atoms in total. The molecule has 1 aliphatic heterocycles. The number of methoxy groups -OCH3 is 1. The van der Waals surface area contributed by atoms with Gasteiger partial charge in [0.2, 0.25) is 5.91 Å². The largest absolute Gasteiger partial charge is 0.469 e. The van der Waals surface area contributed by atoms with Crippen molar-refractivity contribution in [1.82, 2.24) is 4.90 Å². The standard InChI is InChI=1S/C12H22N2O3/c1-12(2,11(16)17-3)8-14-6-4-9(5-7-14)10(13)15/h9H,4-8H2,1-3H3,(H2,13,15). The molecule has 1 fully saturated rings. The van der Waals surface area contributed by atoms with E-state index in [-0.39, 0.29) is 17.8 Å². The van der Waals surface area contributed by atoms with E-state index in [1.807, 2.05) is 13.8 Å². The molecule has 0 aromatic heterocycles. The Bertz CT molecular complexity index is 294. The van der Waals surface area contributed by atoms with E-state index in [2.05, 4.69) is 4.90 Å². The molecule has 0 spiro atoms. The lowest BCUT2D eigenvalue weighted by atomic mass is 9.90. The molecule has 0 radical (unpaired) electrons. The SMILES string of the molecule is COC(=O)C(C)(C)CN1CCC(C(N)=O)CC1. The van der Waals surface area contributed by atoms with Crippen LogP contribution in [0, 0.1) is 11.3 Å². The van der Waals surface area contributed by atoms with E-state index < -0.39 is 5.41 Å². The maximum absolute atomic E-state index is 11.6. The molecule has 17 heavy (non-hydrogen) atoms. The maximum atomic E-state index is 11.6. The number of hydrogen-bond acceptors (Lipinski definition) is 4. The summed E-state index contributed by atoms with van der Waals surface area (Å²) in [6, 6.07) is 0. The summed E-state index contributed by atoms with van der Waals surface area (Å²) in [6.07, 6.45) is 1.57. The van der Waals surface area contributed by atoms with E-state index in [9.17, 15) is 9.59 Å². The van der Waals surface area contributed by atoms with E-state index in [0.717, 1.165) is 25.9 Å². The lowest BCUT2D eigenvalue weighted by molar-refractivity contribution is -0.152. The van der Waals surface area contributed by atoms with Gasteiger partial charge in [-0.1, -0.05) is 0 Å². The zero-order chi connectivity index (χ0) is 13.1. The molecule has 1 rings (SSSR count). The Labute approximate surface area is 102 Å². The van der Waals surface area contributed by atoms with Gasteiger partial charge in [0.25, 0.3) is 0 Å². The summed E-state index contributed by atoms with van der Waals surface area (Å²) in [5.41, 5.74) is 4.77. The van der Waals surface area contributed by atoms with Crippen molar-refractivity contribution in [2.75, 3.05) is 26.7 Å². The molecule has 0 aromatic carbocycles. The summed E-state index contributed by atoms with van der Waals surface area (Å²) in [5.74, 6) is -0.418. The quantitative estimate of drug-likeness (QED) is 0.723. The third-order valence-corrected chi connectivity index (χ3v) is 3.35. The van der Waals surface area contributed by atoms with E-state index >= 15 is 0 Å². The number of rotatable bonds is 4. The van der Waals surface area contributed by atoms with Gasteiger partial charge in [0.1, 0.15) is 0 Å². The number of piperidine rings is 1. The molecule has 0 saturated carbocycles. The molecular weight excluding hydrogens is 220 g/mol. The average Bonchev–Trinajstić information content (AvgIpc) is 2.28. The fraction of sp³-hybridized carbons (Fsp3) is 0.833. The number of likely N-dealkylation sites (tertiary alicyclic amines) is 1. The summed E-state index contributed by atoms with van der Waals surface area (Å²) >= 11 is 0. The summed E-state index contributed by atoms with van der Waals surface area (Å²) < 4.78 is 4.78. The Morgan fingerprint density at radius 1 is 1.35 bits per heavy atom. The fourth-order valence-electron chi connectivity index (χ4n) is 2.28. The fourth-order valence-corrected chi connectivity index (χ4v) is 2.28.